The molecule has 0 heterocycles. The molecule has 1 aromatic carbocycles. The summed E-state index contributed by atoms with van der Waals surface area (Å²) >= 11 is 0. The third-order valence-electron chi connectivity index (χ3n) is 2.48. The number of carboxylic acid groups (broad SMARTS) is 1. The van der Waals surface area contributed by atoms with E-state index in [1.807, 2.05) is 0 Å². The maximum absolute atomic E-state index is 12.9. The normalized spacial score (nSPS) is 11.5. The van der Waals surface area contributed by atoms with E-state index < -0.39 is 36.2 Å². The van der Waals surface area contributed by atoms with Crippen molar-refractivity contribution in [2.75, 3.05) is 6.61 Å². The molecule has 1 aromatic rings. The van der Waals surface area contributed by atoms with Gasteiger partial charge in [0.2, 0.25) is 5.91 Å². The summed E-state index contributed by atoms with van der Waals surface area (Å²) in [6.07, 6.45) is -0.279. The van der Waals surface area contributed by atoms with Gasteiger partial charge in [-0.25, -0.2) is 9.18 Å². The number of carbonyl (C=O) groups is 3. The molecule has 1 rings (SSSR count). The Morgan fingerprint density at radius 3 is 2.67 bits per heavy atom. The molecule has 0 aliphatic heterocycles. The predicted octanol–water partition coefficient (Wildman–Crippen LogP) is 0.0394. The number of amides is 2. The van der Waals surface area contributed by atoms with Gasteiger partial charge in [-0.2, -0.15) is 0 Å². The van der Waals surface area contributed by atoms with Gasteiger partial charge in [-0.05, 0) is 18.6 Å². The summed E-state index contributed by atoms with van der Waals surface area (Å²) in [5, 5.41) is 11.1. The Morgan fingerprint density at radius 2 is 2.10 bits per heavy atom. The van der Waals surface area contributed by atoms with Gasteiger partial charge in [0, 0.05) is 12.5 Å². The van der Waals surface area contributed by atoms with Crippen LogP contribution in [0.5, 0.6) is 5.75 Å². The van der Waals surface area contributed by atoms with Crippen LogP contribution in [0.15, 0.2) is 24.3 Å². The first-order valence-corrected chi connectivity index (χ1v) is 6.07. The molecule has 8 heteroatoms. The van der Waals surface area contributed by atoms with Gasteiger partial charge in [0.25, 0.3) is 5.91 Å². The molecule has 4 N–H and O–H groups in total. The number of rotatable bonds is 8. The minimum absolute atomic E-state index is 0.115. The SMILES string of the molecule is NC(=O)CCC(NC(=O)COc1cccc(F)c1)C(=O)O. The van der Waals surface area contributed by atoms with Crippen molar-refractivity contribution in [2.45, 2.75) is 18.9 Å². The highest BCUT2D eigenvalue weighted by Crippen LogP contribution is 2.11. The summed E-state index contributed by atoms with van der Waals surface area (Å²) in [5.74, 6) is -3.01. The number of aliphatic carboxylic acids is 1. The lowest BCUT2D eigenvalue weighted by atomic mass is 10.1. The van der Waals surface area contributed by atoms with Gasteiger partial charge in [0.1, 0.15) is 17.6 Å². The molecule has 0 aromatic heterocycles. The second-order valence-corrected chi connectivity index (χ2v) is 4.21. The van der Waals surface area contributed by atoms with E-state index in [0.29, 0.717) is 0 Å². The molecule has 0 spiro atoms. The van der Waals surface area contributed by atoms with Crippen LogP contribution < -0.4 is 15.8 Å². The summed E-state index contributed by atoms with van der Waals surface area (Å²) in [4.78, 5) is 33.1. The molecule has 0 radical (unpaired) electrons. The topological polar surface area (TPSA) is 119 Å². The first kappa shape index (κ1) is 16.4. The zero-order valence-electron chi connectivity index (χ0n) is 11.0. The molecule has 0 bridgehead atoms. The van der Waals surface area contributed by atoms with Crippen molar-refractivity contribution in [3.05, 3.63) is 30.1 Å². The first-order chi connectivity index (χ1) is 9.88. The predicted molar refractivity (Wildman–Crippen MR) is 69.9 cm³/mol. The molecule has 0 saturated heterocycles. The van der Waals surface area contributed by atoms with E-state index >= 15 is 0 Å². The van der Waals surface area contributed by atoms with Crippen LogP contribution in [-0.2, 0) is 14.4 Å². The summed E-state index contributed by atoms with van der Waals surface area (Å²) in [6, 6.07) is 3.95. The summed E-state index contributed by atoms with van der Waals surface area (Å²) < 4.78 is 17.9. The van der Waals surface area contributed by atoms with Crippen LogP contribution in [0.3, 0.4) is 0 Å². The van der Waals surface area contributed by atoms with E-state index in [1.165, 1.54) is 18.2 Å². The average Bonchev–Trinajstić information content (AvgIpc) is 2.40. The lowest BCUT2D eigenvalue weighted by Gasteiger charge is -2.14. The second-order valence-electron chi connectivity index (χ2n) is 4.21. The molecule has 0 fully saturated rings. The fourth-order valence-electron chi connectivity index (χ4n) is 1.49. The highest BCUT2D eigenvalue weighted by atomic mass is 19.1. The van der Waals surface area contributed by atoms with Crippen molar-refractivity contribution >= 4 is 17.8 Å². The average molecular weight is 298 g/mol. The van der Waals surface area contributed by atoms with Crippen molar-refractivity contribution in [1.29, 1.82) is 0 Å². The van der Waals surface area contributed by atoms with Crippen LogP contribution >= 0.6 is 0 Å². The van der Waals surface area contributed by atoms with Crippen molar-refractivity contribution in [1.82, 2.24) is 5.32 Å². The Kier molecular flexibility index (Phi) is 6.12. The Hall–Kier alpha value is -2.64. The minimum Gasteiger partial charge on any atom is -0.484 e. The molecule has 0 aliphatic carbocycles. The first-order valence-electron chi connectivity index (χ1n) is 6.07. The quantitative estimate of drug-likeness (QED) is 0.626. The fourth-order valence-corrected chi connectivity index (χ4v) is 1.49. The van der Waals surface area contributed by atoms with E-state index in [1.54, 1.807) is 0 Å². The van der Waals surface area contributed by atoms with Gasteiger partial charge in [-0.1, -0.05) is 6.07 Å². The molecule has 21 heavy (non-hydrogen) atoms. The van der Waals surface area contributed by atoms with E-state index in [0.717, 1.165) is 6.07 Å². The lowest BCUT2D eigenvalue weighted by Crippen LogP contribution is -2.43. The highest BCUT2D eigenvalue weighted by Gasteiger charge is 2.20. The largest absolute Gasteiger partial charge is 0.484 e. The Morgan fingerprint density at radius 1 is 1.38 bits per heavy atom. The molecule has 114 valence electrons. The lowest BCUT2D eigenvalue weighted by molar-refractivity contribution is -0.142. The van der Waals surface area contributed by atoms with Gasteiger partial charge in [0.15, 0.2) is 6.61 Å². The van der Waals surface area contributed by atoms with Crippen molar-refractivity contribution < 1.29 is 28.6 Å². The number of hydrogen-bond acceptors (Lipinski definition) is 4. The standard InChI is InChI=1S/C13H15FN2O5/c14-8-2-1-3-9(6-8)21-7-12(18)16-10(13(19)20)4-5-11(15)17/h1-3,6,10H,4-5,7H2,(H2,15,17)(H,16,18)(H,19,20). The van der Waals surface area contributed by atoms with Crippen LogP contribution in [-0.4, -0.2) is 35.5 Å². The van der Waals surface area contributed by atoms with Crippen LogP contribution in [0, 0.1) is 5.82 Å². The molecule has 7 nitrogen and oxygen atoms in total. The minimum atomic E-state index is -1.28. The maximum atomic E-state index is 12.9. The molecule has 0 saturated carbocycles. The van der Waals surface area contributed by atoms with Gasteiger partial charge in [-0.3, -0.25) is 9.59 Å². The summed E-state index contributed by atoms with van der Waals surface area (Å²) in [6.45, 7) is -0.468. The van der Waals surface area contributed by atoms with E-state index in [9.17, 15) is 18.8 Å². The van der Waals surface area contributed by atoms with Crippen LogP contribution in [0.4, 0.5) is 4.39 Å². The molecular formula is C13H15FN2O5. The van der Waals surface area contributed by atoms with E-state index in [-0.39, 0.29) is 18.6 Å². The molecule has 2 amide bonds. The Balaban J connectivity index is 2.46. The molecular weight excluding hydrogens is 283 g/mol. The number of benzene rings is 1. The van der Waals surface area contributed by atoms with Crippen molar-refractivity contribution in [2.24, 2.45) is 5.73 Å². The van der Waals surface area contributed by atoms with Gasteiger partial charge >= 0.3 is 5.97 Å². The zero-order valence-corrected chi connectivity index (χ0v) is 11.0. The number of halogens is 1. The third kappa shape index (κ3) is 6.37. The number of nitrogens with two attached hydrogens (primary N) is 1. The number of carbonyl (C=O) groups excluding carboxylic acids is 2. The number of hydrogen-bond donors (Lipinski definition) is 3. The maximum Gasteiger partial charge on any atom is 0.326 e. The zero-order chi connectivity index (χ0) is 15.8. The second kappa shape index (κ2) is 7.83. The van der Waals surface area contributed by atoms with Gasteiger partial charge < -0.3 is 20.9 Å². The molecule has 0 aliphatic rings. The fraction of sp³-hybridized carbons (Fsp3) is 0.308. The van der Waals surface area contributed by atoms with Crippen molar-refractivity contribution in [3.8, 4) is 5.75 Å². The summed E-state index contributed by atoms with van der Waals surface area (Å²) in [7, 11) is 0. The van der Waals surface area contributed by atoms with Crippen molar-refractivity contribution in [3.63, 3.8) is 0 Å². The Labute approximate surface area is 119 Å². The highest BCUT2D eigenvalue weighted by molar-refractivity contribution is 5.85. The number of ether oxygens (including phenoxy) is 1. The summed E-state index contributed by atoms with van der Waals surface area (Å²) in [5.41, 5.74) is 4.92. The molecule has 1 unspecified atom stereocenters. The van der Waals surface area contributed by atoms with Crippen LogP contribution in [0.2, 0.25) is 0 Å². The van der Waals surface area contributed by atoms with E-state index in [2.05, 4.69) is 5.32 Å². The smallest absolute Gasteiger partial charge is 0.326 e. The Bertz CT molecular complexity index is 535. The number of carboxylic acids is 1. The van der Waals surface area contributed by atoms with Crippen LogP contribution in [0.25, 0.3) is 0 Å². The monoisotopic (exact) mass is 298 g/mol. The van der Waals surface area contributed by atoms with Gasteiger partial charge in [0.05, 0.1) is 0 Å². The molecule has 1 atom stereocenters. The van der Waals surface area contributed by atoms with Gasteiger partial charge in [-0.15, -0.1) is 0 Å². The third-order valence-corrected chi connectivity index (χ3v) is 2.48. The number of primary amides is 1. The van der Waals surface area contributed by atoms with E-state index in [4.69, 9.17) is 15.6 Å². The number of nitrogens with one attached hydrogen (secondary N) is 1. The van der Waals surface area contributed by atoms with Crippen LogP contribution in [0.1, 0.15) is 12.8 Å².